The summed E-state index contributed by atoms with van der Waals surface area (Å²) < 4.78 is 5.37. The van der Waals surface area contributed by atoms with Crippen molar-refractivity contribution in [2.75, 3.05) is 6.61 Å². The van der Waals surface area contributed by atoms with Gasteiger partial charge >= 0.3 is 11.8 Å². The molecule has 0 unspecified atom stereocenters. The first-order valence-corrected chi connectivity index (χ1v) is 5.00. The molecule has 0 bridgehead atoms. The third-order valence-corrected chi connectivity index (χ3v) is 2.45. The fourth-order valence-corrected chi connectivity index (χ4v) is 1.62. The topological polar surface area (TPSA) is 79.8 Å². The summed E-state index contributed by atoms with van der Waals surface area (Å²) in [5, 5.41) is 4.72. The summed E-state index contributed by atoms with van der Waals surface area (Å²) >= 11 is 0. The van der Waals surface area contributed by atoms with E-state index in [1.807, 2.05) is 6.92 Å². The summed E-state index contributed by atoms with van der Waals surface area (Å²) in [4.78, 5) is 25.8. The van der Waals surface area contributed by atoms with E-state index in [1.54, 1.807) is 0 Å². The van der Waals surface area contributed by atoms with Crippen molar-refractivity contribution < 1.29 is 14.3 Å². The molecule has 2 N–H and O–H groups in total. The van der Waals surface area contributed by atoms with E-state index in [-0.39, 0.29) is 18.1 Å². The van der Waals surface area contributed by atoms with Gasteiger partial charge in [-0.3, -0.25) is 20.2 Å². The normalized spacial score (nSPS) is 29.5. The second kappa shape index (κ2) is 3.98. The van der Waals surface area contributed by atoms with Crippen molar-refractivity contribution in [3.05, 3.63) is 0 Å². The maximum atomic E-state index is 10.8. The molecular formula is C9H13N3O3. The van der Waals surface area contributed by atoms with Gasteiger partial charge in [-0.05, 0) is 19.8 Å². The van der Waals surface area contributed by atoms with Crippen LogP contribution in [0, 0.1) is 0 Å². The van der Waals surface area contributed by atoms with Gasteiger partial charge in [0, 0.05) is 6.61 Å². The first-order valence-electron chi connectivity index (χ1n) is 5.00. The number of guanidine groups is 1. The van der Waals surface area contributed by atoms with E-state index in [4.69, 9.17) is 4.74 Å². The zero-order chi connectivity index (χ0) is 10.8. The number of hydrogen-bond acceptors (Lipinski definition) is 4. The second-order valence-corrected chi connectivity index (χ2v) is 3.59. The SMILES string of the molecule is CCOC1CC(N=C2NC(=O)C(=O)N2)C1. The summed E-state index contributed by atoms with van der Waals surface area (Å²) in [6.45, 7) is 2.66. The fourth-order valence-electron chi connectivity index (χ4n) is 1.62. The maximum absolute atomic E-state index is 10.8. The number of nitrogens with zero attached hydrogens (tertiary/aromatic N) is 1. The van der Waals surface area contributed by atoms with Crippen LogP contribution in [0.25, 0.3) is 0 Å². The smallest absolute Gasteiger partial charge is 0.316 e. The molecule has 0 atom stereocenters. The van der Waals surface area contributed by atoms with E-state index >= 15 is 0 Å². The van der Waals surface area contributed by atoms with E-state index in [0.717, 1.165) is 12.8 Å². The van der Waals surface area contributed by atoms with Gasteiger partial charge < -0.3 is 4.74 Å². The first-order chi connectivity index (χ1) is 7.19. The Balaban J connectivity index is 1.81. The molecule has 0 aromatic heterocycles. The Morgan fingerprint density at radius 2 is 1.93 bits per heavy atom. The number of carbonyl (C=O) groups excluding carboxylic acids is 2. The van der Waals surface area contributed by atoms with Crippen molar-refractivity contribution in [3.63, 3.8) is 0 Å². The summed E-state index contributed by atoms with van der Waals surface area (Å²) in [6.07, 6.45) is 1.98. The van der Waals surface area contributed by atoms with Crippen molar-refractivity contribution in [2.24, 2.45) is 4.99 Å². The minimum absolute atomic E-state index is 0.148. The Bertz CT molecular complexity index is 303. The average Bonchev–Trinajstić information content (AvgIpc) is 2.43. The third kappa shape index (κ3) is 2.15. The molecule has 6 nitrogen and oxygen atoms in total. The molecule has 2 amide bonds. The Morgan fingerprint density at radius 3 is 2.47 bits per heavy atom. The number of amides is 2. The number of aliphatic imine (C=N–C) groups is 1. The van der Waals surface area contributed by atoms with Crippen LogP contribution in [-0.4, -0.2) is 36.5 Å². The predicted molar refractivity (Wildman–Crippen MR) is 52.2 cm³/mol. The van der Waals surface area contributed by atoms with Crippen LogP contribution in [0.5, 0.6) is 0 Å². The first kappa shape index (κ1) is 10.1. The second-order valence-electron chi connectivity index (χ2n) is 3.59. The molecular weight excluding hydrogens is 198 g/mol. The molecule has 2 aliphatic rings. The van der Waals surface area contributed by atoms with Crippen LogP contribution in [0.4, 0.5) is 0 Å². The number of nitrogens with one attached hydrogen (secondary N) is 2. The van der Waals surface area contributed by atoms with Gasteiger partial charge in [0.1, 0.15) is 0 Å². The monoisotopic (exact) mass is 211 g/mol. The summed E-state index contributed by atoms with van der Waals surface area (Å²) in [5.74, 6) is -1.02. The summed E-state index contributed by atoms with van der Waals surface area (Å²) in [7, 11) is 0. The average molecular weight is 211 g/mol. The molecule has 6 heteroatoms. The van der Waals surface area contributed by atoms with Crippen molar-refractivity contribution in [3.8, 4) is 0 Å². The predicted octanol–water partition coefficient (Wildman–Crippen LogP) is -0.844. The molecule has 0 aromatic rings. The van der Waals surface area contributed by atoms with Crippen LogP contribution in [0.3, 0.4) is 0 Å². The zero-order valence-corrected chi connectivity index (χ0v) is 8.45. The lowest BCUT2D eigenvalue weighted by atomic mass is 9.90. The van der Waals surface area contributed by atoms with Crippen LogP contribution < -0.4 is 10.6 Å². The van der Waals surface area contributed by atoms with Gasteiger partial charge in [-0.15, -0.1) is 0 Å². The highest BCUT2D eigenvalue weighted by atomic mass is 16.5. The maximum Gasteiger partial charge on any atom is 0.316 e. The Kier molecular flexibility index (Phi) is 2.68. The number of hydrogen-bond donors (Lipinski definition) is 2. The van der Waals surface area contributed by atoms with Crippen LogP contribution >= 0.6 is 0 Å². The van der Waals surface area contributed by atoms with Crippen LogP contribution in [-0.2, 0) is 14.3 Å². The highest BCUT2D eigenvalue weighted by Gasteiger charge is 2.32. The largest absolute Gasteiger partial charge is 0.378 e. The van der Waals surface area contributed by atoms with E-state index in [0.29, 0.717) is 6.61 Å². The molecule has 0 aromatic carbocycles. The van der Waals surface area contributed by atoms with E-state index < -0.39 is 11.8 Å². The van der Waals surface area contributed by atoms with E-state index in [2.05, 4.69) is 15.6 Å². The molecule has 1 heterocycles. The summed E-state index contributed by atoms with van der Waals surface area (Å²) in [6, 6.07) is 0.148. The molecule has 15 heavy (non-hydrogen) atoms. The number of rotatable bonds is 3. The van der Waals surface area contributed by atoms with Crippen molar-refractivity contribution >= 4 is 17.8 Å². The lowest BCUT2D eigenvalue weighted by Crippen LogP contribution is -2.37. The Labute approximate surface area is 87.1 Å². The van der Waals surface area contributed by atoms with Gasteiger partial charge in [0.15, 0.2) is 0 Å². The van der Waals surface area contributed by atoms with Gasteiger partial charge in [0.25, 0.3) is 0 Å². The van der Waals surface area contributed by atoms with Gasteiger partial charge in [0.05, 0.1) is 12.1 Å². The minimum Gasteiger partial charge on any atom is -0.378 e. The third-order valence-electron chi connectivity index (χ3n) is 2.45. The molecule has 82 valence electrons. The lowest BCUT2D eigenvalue weighted by molar-refractivity contribution is -0.135. The standard InChI is InChI=1S/C9H13N3O3/c1-2-15-6-3-5(4-6)10-9-11-7(13)8(14)12-9/h5-6H,2-4H2,1H3,(H2,10,11,12,13,14). The van der Waals surface area contributed by atoms with Crippen LogP contribution in [0.15, 0.2) is 4.99 Å². The highest BCUT2D eigenvalue weighted by molar-refractivity contribution is 6.45. The number of ether oxygens (including phenoxy) is 1. The summed E-state index contributed by atoms with van der Waals surface area (Å²) in [5.41, 5.74) is 0. The van der Waals surface area contributed by atoms with Crippen molar-refractivity contribution in [2.45, 2.75) is 31.9 Å². The van der Waals surface area contributed by atoms with E-state index in [1.165, 1.54) is 0 Å². The molecule has 1 saturated carbocycles. The number of carbonyl (C=O) groups is 2. The van der Waals surface area contributed by atoms with Gasteiger partial charge in [0.2, 0.25) is 5.96 Å². The van der Waals surface area contributed by atoms with Gasteiger partial charge in [-0.2, -0.15) is 0 Å². The molecule has 0 radical (unpaired) electrons. The molecule has 2 fully saturated rings. The Hall–Kier alpha value is -1.43. The van der Waals surface area contributed by atoms with Crippen molar-refractivity contribution in [1.29, 1.82) is 0 Å². The van der Waals surface area contributed by atoms with Crippen molar-refractivity contribution in [1.82, 2.24) is 10.6 Å². The fraction of sp³-hybridized carbons (Fsp3) is 0.667. The highest BCUT2D eigenvalue weighted by Crippen LogP contribution is 2.26. The van der Waals surface area contributed by atoms with Gasteiger partial charge in [-0.1, -0.05) is 0 Å². The Morgan fingerprint density at radius 1 is 1.33 bits per heavy atom. The minimum atomic E-state index is -0.644. The van der Waals surface area contributed by atoms with Crippen LogP contribution in [0.1, 0.15) is 19.8 Å². The molecule has 0 spiro atoms. The molecule has 1 saturated heterocycles. The van der Waals surface area contributed by atoms with E-state index in [9.17, 15) is 9.59 Å². The van der Waals surface area contributed by atoms with Crippen LogP contribution in [0.2, 0.25) is 0 Å². The zero-order valence-electron chi connectivity index (χ0n) is 8.45. The molecule has 1 aliphatic heterocycles. The lowest BCUT2D eigenvalue weighted by Gasteiger charge is -2.32. The molecule has 1 aliphatic carbocycles. The quantitative estimate of drug-likeness (QED) is 0.597. The van der Waals surface area contributed by atoms with Gasteiger partial charge in [-0.25, -0.2) is 4.99 Å². The molecule has 2 rings (SSSR count).